The molecule has 0 amide bonds. The minimum atomic E-state index is -0.298. The summed E-state index contributed by atoms with van der Waals surface area (Å²) in [5.74, 6) is 0.503. The maximum absolute atomic E-state index is 12.0. The monoisotopic (exact) mass is 288 g/mol. The smallest absolute Gasteiger partial charge is 0.309 e. The maximum atomic E-state index is 12.0. The molecule has 0 unspecified atom stereocenters. The van der Waals surface area contributed by atoms with E-state index in [9.17, 15) is 9.59 Å². The van der Waals surface area contributed by atoms with Gasteiger partial charge in [0, 0.05) is 5.56 Å². The third-order valence-corrected chi connectivity index (χ3v) is 3.64. The molecule has 0 aromatic heterocycles. The van der Waals surface area contributed by atoms with Gasteiger partial charge in [-0.15, -0.1) is 0 Å². The van der Waals surface area contributed by atoms with Gasteiger partial charge < -0.3 is 14.2 Å². The maximum Gasteiger partial charge on any atom is 0.309 e. The Morgan fingerprint density at radius 3 is 2.86 bits per heavy atom. The van der Waals surface area contributed by atoms with Gasteiger partial charge in [-0.3, -0.25) is 9.59 Å². The molecule has 0 radical (unpaired) electrons. The van der Waals surface area contributed by atoms with E-state index in [0.29, 0.717) is 23.5 Å². The number of ketones is 1. The zero-order valence-electron chi connectivity index (χ0n) is 11.5. The third kappa shape index (κ3) is 3.07. The van der Waals surface area contributed by atoms with Gasteiger partial charge in [0.2, 0.25) is 6.79 Å². The van der Waals surface area contributed by atoms with Crippen molar-refractivity contribution in [3.63, 3.8) is 0 Å². The Hall–Kier alpha value is -2.30. The molecule has 0 bridgehead atoms. The Morgan fingerprint density at radius 2 is 2.05 bits per heavy atom. The lowest BCUT2D eigenvalue weighted by Crippen LogP contribution is -2.22. The van der Waals surface area contributed by atoms with Crippen LogP contribution in [0.5, 0.6) is 11.5 Å². The number of allylic oxidation sites excluding steroid dienone is 2. The normalized spacial score (nSPS) is 19.3. The van der Waals surface area contributed by atoms with Crippen molar-refractivity contribution in [2.45, 2.75) is 19.3 Å². The predicted molar refractivity (Wildman–Crippen MR) is 74.3 cm³/mol. The molecular weight excluding hydrogens is 272 g/mol. The number of fused-ring (bicyclic) bond motifs is 1. The average Bonchev–Trinajstić information content (AvgIpc) is 3.00. The van der Waals surface area contributed by atoms with Crippen LogP contribution in [0.25, 0.3) is 0 Å². The van der Waals surface area contributed by atoms with Crippen LogP contribution in [0.2, 0.25) is 0 Å². The summed E-state index contributed by atoms with van der Waals surface area (Å²) in [5.41, 5.74) is 0.454. The highest BCUT2D eigenvalue weighted by Crippen LogP contribution is 2.32. The van der Waals surface area contributed by atoms with Gasteiger partial charge in [0.25, 0.3) is 0 Å². The van der Waals surface area contributed by atoms with E-state index in [2.05, 4.69) is 6.08 Å². The molecule has 0 saturated carbocycles. The van der Waals surface area contributed by atoms with Crippen LogP contribution < -0.4 is 9.47 Å². The number of rotatable bonds is 4. The van der Waals surface area contributed by atoms with Gasteiger partial charge in [0.05, 0.1) is 5.92 Å². The number of benzene rings is 1. The van der Waals surface area contributed by atoms with Gasteiger partial charge in [0.15, 0.2) is 23.9 Å². The van der Waals surface area contributed by atoms with Crippen LogP contribution in [-0.4, -0.2) is 25.2 Å². The molecule has 3 rings (SSSR count). The molecule has 0 N–H and O–H groups in total. The number of hydrogen-bond donors (Lipinski definition) is 0. The van der Waals surface area contributed by atoms with E-state index in [1.165, 1.54) is 0 Å². The molecule has 1 aromatic carbocycles. The summed E-state index contributed by atoms with van der Waals surface area (Å²) >= 11 is 0. The fraction of sp³-hybridized carbons (Fsp3) is 0.375. The van der Waals surface area contributed by atoms with Crippen LogP contribution in [0.4, 0.5) is 0 Å². The molecule has 0 fully saturated rings. The number of esters is 1. The number of hydrogen-bond acceptors (Lipinski definition) is 5. The van der Waals surface area contributed by atoms with Crippen molar-refractivity contribution in [1.29, 1.82) is 0 Å². The van der Waals surface area contributed by atoms with Crippen LogP contribution in [0, 0.1) is 5.92 Å². The molecule has 1 aliphatic heterocycles. The molecule has 2 aliphatic rings. The molecule has 0 saturated heterocycles. The van der Waals surface area contributed by atoms with E-state index < -0.39 is 0 Å². The predicted octanol–water partition coefficient (Wildman–Crippen LogP) is 2.50. The van der Waals surface area contributed by atoms with Gasteiger partial charge in [-0.2, -0.15) is 0 Å². The minimum Gasteiger partial charge on any atom is -0.457 e. The van der Waals surface area contributed by atoms with Crippen molar-refractivity contribution >= 4 is 11.8 Å². The van der Waals surface area contributed by atoms with Crippen molar-refractivity contribution in [3.8, 4) is 11.5 Å². The largest absolute Gasteiger partial charge is 0.457 e. The molecule has 5 heteroatoms. The van der Waals surface area contributed by atoms with Crippen molar-refractivity contribution in [2.75, 3.05) is 13.4 Å². The Kier molecular flexibility index (Phi) is 3.90. The van der Waals surface area contributed by atoms with E-state index >= 15 is 0 Å². The second-order valence-electron chi connectivity index (χ2n) is 5.08. The molecule has 0 spiro atoms. The lowest BCUT2D eigenvalue weighted by Gasteiger charge is -2.16. The van der Waals surface area contributed by atoms with E-state index in [-0.39, 0.29) is 31.1 Å². The Bertz CT molecular complexity index is 590. The van der Waals surface area contributed by atoms with Crippen molar-refractivity contribution in [2.24, 2.45) is 5.92 Å². The standard InChI is InChI=1S/C16H16O5/c17-13(9-19-16(18)11-4-2-1-3-5-11)12-6-7-14-15(8-12)21-10-20-14/h1-2,6-8,11H,3-5,9-10H2/t11-/m1/s1. The van der Waals surface area contributed by atoms with Crippen LogP contribution in [0.3, 0.4) is 0 Å². The first kappa shape index (κ1) is 13.7. The quantitative estimate of drug-likeness (QED) is 0.484. The van der Waals surface area contributed by atoms with Crippen molar-refractivity contribution < 1.29 is 23.8 Å². The molecule has 1 aromatic rings. The van der Waals surface area contributed by atoms with Crippen molar-refractivity contribution in [1.82, 2.24) is 0 Å². The molecule has 21 heavy (non-hydrogen) atoms. The van der Waals surface area contributed by atoms with Crippen LogP contribution in [0.1, 0.15) is 29.6 Å². The zero-order valence-corrected chi connectivity index (χ0v) is 11.5. The third-order valence-electron chi connectivity index (χ3n) is 3.64. The van der Waals surface area contributed by atoms with Gasteiger partial charge in [-0.25, -0.2) is 0 Å². The molecular formula is C16H16O5. The number of carbonyl (C=O) groups is 2. The van der Waals surface area contributed by atoms with Crippen LogP contribution >= 0.6 is 0 Å². The highest BCUT2D eigenvalue weighted by atomic mass is 16.7. The highest BCUT2D eigenvalue weighted by molar-refractivity contribution is 5.98. The summed E-state index contributed by atoms with van der Waals surface area (Å²) in [7, 11) is 0. The van der Waals surface area contributed by atoms with E-state index in [1.54, 1.807) is 18.2 Å². The van der Waals surface area contributed by atoms with Gasteiger partial charge in [-0.1, -0.05) is 12.2 Å². The van der Waals surface area contributed by atoms with Gasteiger partial charge in [-0.05, 0) is 37.5 Å². The molecule has 1 aliphatic carbocycles. The van der Waals surface area contributed by atoms with Crippen LogP contribution in [-0.2, 0) is 9.53 Å². The van der Waals surface area contributed by atoms with Crippen molar-refractivity contribution in [3.05, 3.63) is 35.9 Å². The average molecular weight is 288 g/mol. The molecule has 1 heterocycles. The SMILES string of the molecule is O=C(COC(=O)[C@@H]1CC=CCC1)c1ccc2c(c1)OCO2. The number of ether oxygens (including phenoxy) is 3. The first-order valence-corrected chi connectivity index (χ1v) is 6.98. The Labute approximate surface area is 122 Å². The first-order chi connectivity index (χ1) is 10.2. The zero-order chi connectivity index (χ0) is 14.7. The number of Topliss-reactive ketones (excluding diaryl/α,β-unsaturated/α-hetero) is 1. The summed E-state index contributed by atoms with van der Waals surface area (Å²) in [6.07, 6.45) is 6.40. The minimum absolute atomic E-state index is 0.125. The number of carbonyl (C=O) groups excluding carboxylic acids is 2. The lowest BCUT2D eigenvalue weighted by molar-refractivity contribution is -0.147. The Balaban J connectivity index is 1.56. The van der Waals surface area contributed by atoms with Gasteiger partial charge in [0.1, 0.15) is 0 Å². The van der Waals surface area contributed by atoms with Gasteiger partial charge >= 0.3 is 5.97 Å². The second kappa shape index (κ2) is 5.99. The summed E-state index contributed by atoms with van der Waals surface area (Å²) in [6, 6.07) is 4.94. The topological polar surface area (TPSA) is 61.8 Å². The molecule has 5 nitrogen and oxygen atoms in total. The fourth-order valence-electron chi connectivity index (χ4n) is 2.42. The first-order valence-electron chi connectivity index (χ1n) is 6.98. The lowest BCUT2D eigenvalue weighted by atomic mass is 9.95. The summed E-state index contributed by atoms with van der Waals surface area (Å²) < 4.78 is 15.5. The Morgan fingerprint density at radius 1 is 1.19 bits per heavy atom. The highest BCUT2D eigenvalue weighted by Gasteiger charge is 2.22. The second-order valence-corrected chi connectivity index (χ2v) is 5.08. The van der Waals surface area contributed by atoms with E-state index in [4.69, 9.17) is 14.2 Å². The summed E-state index contributed by atoms with van der Waals surface area (Å²) in [4.78, 5) is 23.9. The fourth-order valence-corrected chi connectivity index (χ4v) is 2.42. The van der Waals surface area contributed by atoms with E-state index in [1.807, 2.05) is 6.08 Å². The molecule has 1 atom stereocenters. The van der Waals surface area contributed by atoms with E-state index in [0.717, 1.165) is 12.8 Å². The van der Waals surface area contributed by atoms with Crippen LogP contribution in [0.15, 0.2) is 30.4 Å². The summed E-state index contributed by atoms with van der Waals surface area (Å²) in [5, 5.41) is 0. The molecule has 110 valence electrons. The summed E-state index contributed by atoms with van der Waals surface area (Å²) in [6.45, 7) is -0.0736.